The number of benzene rings is 4. The highest BCUT2D eigenvalue weighted by Gasteiger charge is 2.35. The molecule has 0 saturated carbocycles. The van der Waals surface area contributed by atoms with Gasteiger partial charge in [0.2, 0.25) is 11.8 Å². The summed E-state index contributed by atoms with van der Waals surface area (Å²) >= 11 is 12.6. The van der Waals surface area contributed by atoms with E-state index in [1.807, 2.05) is 44.2 Å². The fraction of sp³-hybridized carbons (Fsp3) is 0.235. The van der Waals surface area contributed by atoms with E-state index in [1.165, 1.54) is 29.2 Å². The molecule has 7 nitrogen and oxygen atoms in total. The van der Waals surface area contributed by atoms with E-state index in [9.17, 15) is 18.0 Å². The van der Waals surface area contributed by atoms with E-state index >= 15 is 0 Å². The Morgan fingerprint density at radius 3 is 2.02 bits per heavy atom. The zero-order chi connectivity index (χ0) is 31.7. The van der Waals surface area contributed by atoms with Gasteiger partial charge in [0, 0.05) is 29.1 Å². The normalized spacial score (nSPS) is 12.6. The van der Waals surface area contributed by atoms with E-state index < -0.39 is 28.5 Å². The molecule has 0 saturated heterocycles. The SMILES string of the molecule is CC[C@H](C)NC(=O)[C@@H](Cc1ccccc1)N(Cc1ccccc1Cl)C(=O)CN(c1ccccc1)S(=O)(=O)c1ccc(Cl)cc1. The molecule has 0 bridgehead atoms. The molecule has 4 aromatic carbocycles. The zero-order valence-electron chi connectivity index (χ0n) is 24.6. The van der Waals surface area contributed by atoms with E-state index in [0.717, 1.165) is 9.87 Å². The number of hydrogen-bond donors (Lipinski definition) is 1. The van der Waals surface area contributed by atoms with E-state index in [0.29, 0.717) is 27.7 Å². The summed E-state index contributed by atoms with van der Waals surface area (Å²) in [5.41, 5.74) is 1.78. The molecule has 0 heterocycles. The number of anilines is 1. The Morgan fingerprint density at radius 1 is 0.818 bits per heavy atom. The summed E-state index contributed by atoms with van der Waals surface area (Å²) < 4.78 is 29.1. The van der Waals surface area contributed by atoms with Gasteiger partial charge in [0.05, 0.1) is 10.6 Å². The minimum atomic E-state index is -4.21. The van der Waals surface area contributed by atoms with Crippen LogP contribution < -0.4 is 9.62 Å². The molecule has 0 aliphatic rings. The first kappa shape index (κ1) is 33.1. The van der Waals surface area contributed by atoms with Crippen molar-refractivity contribution in [1.29, 1.82) is 0 Å². The number of nitrogens with one attached hydrogen (secondary N) is 1. The van der Waals surface area contributed by atoms with E-state index in [2.05, 4.69) is 5.32 Å². The molecule has 4 rings (SSSR count). The minimum Gasteiger partial charge on any atom is -0.352 e. The summed E-state index contributed by atoms with van der Waals surface area (Å²) in [6.07, 6.45) is 0.915. The predicted octanol–water partition coefficient (Wildman–Crippen LogP) is 6.74. The number of halogens is 2. The van der Waals surface area contributed by atoms with Crippen molar-refractivity contribution in [3.8, 4) is 0 Å². The van der Waals surface area contributed by atoms with Crippen LogP contribution in [0.5, 0.6) is 0 Å². The Hall–Kier alpha value is -3.85. The monoisotopic (exact) mass is 651 g/mol. The van der Waals surface area contributed by atoms with Crippen LogP contribution in [0.15, 0.2) is 114 Å². The Labute approximate surface area is 269 Å². The molecule has 44 heavy (non-hydrogen) atoms. The van der Waals surface area contributed by atoms with Crippen LogP contribution in [0.25, 0.3) is 0 Å². The Morgan fingerprint density at radius 2 is 1.41 bits per heavy atom. The van der Waals surface area contributed by atoms with Gasteiger partial charge in [-0.3, -0.25) is 13.9 Å². The number of para-hydroxylation sites is 1. The van der Waals surface area contributed by atoms with Crippen LogP contribution in [0.1, 0.15) is 31.4 Å². The van der Waals surface area contributed by atoms with E-state index in [-0.39, 0.29) is 29.8 Å². The van der Waals surface area contributed by atoms with E-state index in [4.69, 9.17) is 23.2 Å². The smallest absolute Gasteiger partial charge is 0.264 e. The third kappa shape index (κ3) is 8.40. The predicted molar refractivity (Wildman–Crippen MR) is 176 cm³/mol. The molecule has 0 spiro atoms. The second kappa shape index (κ2) is 15.2. The molecule has 0 aliphatic carbocycles. The summed E-state index contributed by atoms with van der Waals surface area (Å²) in [6, 6.07) is 29.6. The van der Waals surface area contributed by atoms with Gasteiger partial charge in [-0.15, -0.1) is 0 Å². The van der Waals surface area contributed by atoms with Crippen LogP contribution >= 0.6 is 23.2 Å². The number of sulfonamides is 1. The summed E-state index contributed by atoms with van der Waals surface area (Å²) in [7, 11) is -4.21. The minimum absolute atomic E-state index is 0.00639. The summed E-state index contributed by atoms with van der Waals surface area (Å²) in [5.74, 6) is -0.901. The van der Waals surface area contributed by atoms with Crippen molar-refractivity contribution >= 4 is 50.7 Å². The maximum atomic E-state index is 14.4. The average molecular weight is 653 g/mol. The lowest BCUT2D eigenvalue weighted by Crippen LogP contribution is -2.54. The van der Waals surface area contributed by atoms with Gasteiger partial charge in [-0.05, 0) is 66.9 Å². The summed E-state index contributed by atoms with van der Waals surface area (Å²) in [6.45, 7) is 3.30. The van der Waals surface area contributed by atoms with Crippen LogP contribution in [0, 0.1) is 0 Å². The van der Waals surface area contributed by atoms with Gasteiger partial charge in [-0.2, -0.15) is 0 Å². The molecule has 0 radical (unpaired) electrons. The second-order valence-electron chi connectivity index (χ2n) is 10.4. The molecule has 4 aromatic rings. The topological polar surface area (TPSA) is 86.8 Å². The molecular weight excluding hydrogens is 617 g/mol. The Balaban J connectivity index is 1.80. The van der Waals surface area contributed by atoms with Crippen LogP contribution in [-0.4, -0.2) is 43.8 Å². The van der Waals surface area contributed by atoms with Crippen molar-refractivity contribution < 1.29 is 18.0 Å². The van der Waals surface area contributed by atoms with Crippen molar-refractivity contribution in [1.82, 2.24) is 10.2 Å². The third-order valence-electron chi connectivity index (χ3n) is 7.30. The van der Waals surface area contributed by atoms with Crippen molar-refractivity contribution in [2.45, 2.75) is 50.2 Å². The maximum absolute atomic E-state index is 14.4. The number of carbonyl (C=O) groups is 2. The Bertz CT molecular complexity index is 1650. The second-order valence-corrected chi connectivity index (χ2v) is 13.1. The summed E-state index contributed by atoms with van der Waals surface area (Å²) in [5, 5.41) is 3.83. The van der Waals surface area contributed by atoms with Gasteiger partial charge in [-0.25, -0.2) is 8.42 Å². The van der Waals surface area contributed by atoms with Gasteiger partial charge >= 0.3 is 0 Å². The molecule has 0 aromatic heterocycles. The number of hydrogen-bond acceptors (Lipinski definition) is 4. The third-order valence-corrected chi connectivity index (χ3v) is 9.70. The standard InChI is InChI=1S/C34H35Cl2N3O4S/c1-3-25(2)37-34(41)32(22-26-12-6-4-7-13-26)38(23-27-14-10-11-17-31(27)36)33(40)24-39(29-15-8-5-9-16-29)44(42,43)30-20-18-28(35)19-21-30/h4-21,25,32H,3,22-24H2,1-2H3,(H,37,41)/t25-,32+/m0/s1. The first-order valence-electron chi connectivity index (χ1n) is 14.3. The van der Waals surface area contributed by atoms with Gasteiger partial charge in [-0.1, -0.05) is 96.9 Å². The molecule has 10 heteroatoms. The number of carbonyl (C=O) groups excluding carboxylic acids is 2. The number of nitrogens with zero attached hydrogens (tertiary/aromatic N) is 2. The maximum Gasteiger partial charge on any atom is 0.264 e. The van der Waals surface area contributed by atoms with Gasteiger partial charge in [0.15, 0.2) is 0 Å². The van der Waals surface area contributed by atoms with Crippen molar-refractivity contribution in [2.75, 3.05) is 10.8 Å². The first-order chi connectivity index (χ1) is 21.1. The van der Waals surface area contributed by atoms with E-state index in [1.54, 1.807) is 54.6 Å². The van der Waals surface area contributed by atoms with Crippen molar-refractivity contribution in [3.63, 3.8) is 0 Å². The quantitative estimate of drug-likeness (QED) is 0.173. The summed E-state index contributed by atoms with van der Waals surface area (Å²) in [4.78, 5) is 29.7. The van der Waals surface area contributed by atoms with Gasteiger partial charge in [0.25, 0.3) is 10.0 Å². The van der Waals surface area contributed by atoms with Crippen LogP contribution in [-0.2, 0) is 32.6 Å². The van der Waals surface area contributed by atoms with Gasteiger partial charge < -0.3 is 10.2 Å². The molecule has 2 atom stereocenters. The van der Waals surface area contributed by atoms with Crippen molar-refractivity contribution in [2.24, 2.45) is 0 Å². The first-order valence-corrected chi connectivity index (χ1v) is 16.5. The molecule has 0 fully saturated rings. The lowest BCUT2D eigenvalue weighted by Gasteiger charge is -2.34. The number of amides is 2. The van der Waals surface area contributed by atoms with Crippen LogP contribution in [0.2, 0.25) is 10.0 Å². The Kier molecular flexibility index (Phi) is 11.4. The molecule has 1 N–H and O–H groups in total. The average Bonchev–Trinajstić information content (AvgIpc) is 3.03. The molecule has 0 unspecified atom stereocenters. The van der Waals surface area contributed by atoms with Crippen LogP contribution in [0.3, 0.4) is 0 Å². The highest BCUT2D eigenvalue weighted by Crippen LogP contribution is 2.26. The molecule has 2 amide bonds. The fourth-order valence-corrected chi connectivity index (χ4v) is 6.40. The lowest BCUT2D eigenvalue weighted by molar-refractivity contribution is -0.140. The highest BCUT2D eigenvalue weighted by molar-refractivity contribution is 7.92. The molecular formula is C34H35Cl2N3O4S. The fourth-order valence-electron chi connectivity index (χ4n) is 4.66. The van der Waals surface area contributed by atoms with Crippen molar-refractivity contribution in [3.05, 3.63) is 130 Å². The highest BCUT2D eigenvalue weighted by atomic mass is 35.5. The van der Waals surface area contributed by atoms with Crippen LogP contribution in [0.4, 0.5) is 5.69 Å². The largest absolute Gasteiger partial charge is 0.352 e. The lowest BCUT2D eigenvalue weighted by atomic mass is 10.0. The zero-order valence-corrected chi connectivity index (χ0v) is 26.9. The van der Waals surface area contributed by atoms with Gasteiger partial charge in [0.1, 0.15) is 12.6 Å². The molecule has 0 aliphatic heterocycles. The molecule has 230 valence electrons. The number of rotatable bonds is 13.